The second-order valence-corrected chi connectivity index (χ2v) is 2.00. The highest BCUT2D eigenvalue weighted by molar-refractivity contribution is 5.86. The van der Waals surface area contributed by atoms with Crippen molar-refractivity contribution >= 4 is 5.97 Å². The normalized spacial score (nSPS) is 17.6. The summed E-state index contributed by atoms with van der Waals surface area (Å²) in [6.07, 6.45) is 0. The van der Waals surface area contributed by atoms with Crippen LogP contribution >= 0.6 is 0 Å². The van der Waals surface area contributed by atoms with Crippen molar-refractivity contribution in [3.05, 3.63) is 11.6 Å². The lowest BCUT2D eigenvalue weighted by Gasteiger charge is -2.08. The number of nitrogens with zero attached hydrogens (tertiary/aromatic N) is 1. The largest absolute Gasteiger partial charge is 0.480 e. The Bertz CT molecular complexity index is 213. The van der Waals surface area contributed by atoms with Crippen LogP contribution in [-0.2, 0) is 9.53 Å². The van der Waals surface area contributed by atoms with E-state index in [9.17, 15) is 4.79 Å². The van der Waals surface area contributed by atoms with Gasteiger partial charge in [-0.25, -0.2) is 4.79 Å². The molecule has 0 bridgehead atoms. The zero-order valence-corrected chi connectivity index (χ0v) is 6.21. The van der Waals surface area contributed by atoms with Gasteiger partial charge < -0.3 is 9.84 Å². The van der Waals surface area contributed by atoms with Gasteiger partial charge in [-0.05, 0) is 0 Å². The Hall–Kier alpha value is -1.43. The number of hydrazine groups is 2. The fourth-order valence-electron chi connectivity index (χ4n) is 0.747. The summed E-state index contributed by atoms with van der Waals surface area (Å²) in [6.45, 7) is 0. The number of carboxylic acids is 1. The van der Waals surface area contributed by atoms with Gasteiger partial charge in [-0.3, -0.25) is 10.9 Å². The molecule has 0 aromatic rings. The zero-order valence-electron chi connectivity index (χ0n) is 6.21. The molecule has 0 aromatic carbocycles. The van der Waals surface area contributed by atoms with Gasteiger partial charge in [0.25, 0.3) is 0 Å². The molecule has 0 amide bonds. The first-order chi connectivity index (χ1) is 5.15. The second-order valence-electron chi connectivity index (χ2n) is 2.00. The third-order valence-corrected chi connectivity index (χ3v) is 1.19. The van der Waals surface area contributed by atoms with E-state index < -0.39 is 5.97 Å². The summed E-state index contributed by atoms with van der Waals surface area (Å²) in [4.78, 5) is 10.4. The van der Waals surface area contributed by atoms with E-state index in [1.54, 1.807) is 7.05 Å². The van der Waals surface area contributed by atoms with Crippen molar-refractivity contribution in [3.8, 4) is 0 Å². The number of ether oxygens (including phenoxy) is 1. The minimum absolute atomic E-state index is 0.00926. The highest BCUT2D eigenvalue weighted by Crippen LogP contribution is 2.05. The van der Waals surface area contributed by atoms with E-state index in [0.29, 0.717) is 0 Å². The first kappa shape index (κ1) is 7.67. The Labute approximate surface area is 63.4 Å². The summed E-state index contributed by atoms with van der Waals surface area (Å²) in [5.41, 5.74) is 5.17. The van der Waals surface area contributed by atoms with Crippen LogP contribution in [0, 0.1) is 0 Å². The average Bonchev–Trinajstić information content (AvgIpc) is 2.30. The molecule has 0 aromatic heterocycles. The summed E-state index contributed by atoms with van der Waals surface area (Å²) in [6, 6.07) is 0. The van der Waals surface area contributed by atoms with Crippen molar-refractivity contribution < 1.29 is 14.6 Å². The average molecular weight is 159 g/mol. The van der Waals surface area contributed by atoms with Gasteiger partial charge in [0.2, 0.25) is 5.88 Å². The number of aliphatic carboxylic acids is 1. The van der Waals surface area contributed by atoms with E-state index in [1.807, 2.05) is 0 Å². The summed E-state index contributed by atoms with van der Waals surface area (Å²) in [5, 5.41) is 9.96. The highest BCUT2D eigenvalue weighted by Gasteiger charge is 2.23. The number of methoxy groups -OCH3 is 1. The maximum absolute atomic E-state index is 10.4. The van der Waals surface area contributed by atoms with E-state index in [-0.39, 0.29) is 11.6 Å². The summed E-state index contributed by atoms with van der Waals surface area (Å²) in [7, 11) is 3.03. The zero-order chi connectivity index (χ0) is 8.43. The topological polar surface area (TPSA) is 73.8 Å². The third kappa shape index (κ3) is 1.35. The van der Waals surface area contributed by atoms with E-state index >= 15 is 0 Å². The van der Waals surface area contributed by atoms with Gasteiger partial charge in [0, 0.05) is 7.05 Å². The number of rotatable bonds is 2. The molecule has 0 radical (unpaired) electrons. The van der Waals surface area contributed by atoms with Crippen molar-refractivity contribution in [2.75, 3.05) is 14.2 Å². The van der Waals surface area contributed by atoms with Crippen LogP contribution in [0.3, 0.4) is 0 Å². The summed E-state index contributed by atoms with van der Waals surface area (Å²) >= 11 is 0. The summed E-state index contributed by atoms with van der Waals surface area (Å²) in [5.74, 6) is -0.848. The molecule has 0 unspecified atom stereocenters. The smallest absolute Gasteiger partial charge is 0.359 e. The molecular formula is C5H9N3O3. The Kier molecular flexibility index (Phi) is 1.86. The molecule has 1 rings (SSSR count). The minimum atomic E-state index is -1.06. The highest BCUT2D eigenvalue weighted by atomic mass is 16.5. The molecule has 0 fully saturated rings. The molecule has 0 saturated heterocycles. The Morgan fingerprint density at radius 1 is 1.64 bits per heavy atom. The molecule has 0 aliphatic carbocycles. The molecule has 6 heteroatoms. The lowest BCUT2D eigenvalue weighted by atomic mass is 10.5. The number of hydrogen-bond donors (Lipinski definition) is 3. The molecular weight excluding hydrogens is 150 g/mol. The number of hydrogen-bond acceptors (Lipinski definition) is 5. The van der Waals surface area contributed by atoms with Crippen molar-refractivity contribution in [2.45, 2.75) is 0 Å². The Morgan fingerprint density at radius 2 is 2.27 bits per heavy atom. The van der Waals surface area contributed by atoms with Crippen molar-refractivity contribution in [1.29, 1.82) is 0 Å². The van der Waals surface area contributed by atoms with Crippen LogP contribution in [0.1, 0.15) is 0 Å². The maximum Gasteiger partial charge on any atom is 0.359 e. The lowest BCUT2D eigenvalue weighted by molar-refractivity contribution is -0.133. The van der Waals surface area contributed by atoms with Crippen LogP contribution in [-0.4, -0.2) is 30.4 Å². The molecule has 62 valence electrons. The van der Waals surface area contributed by atoms with Crippen LogP contribution in [0.25, 0.3) is 0 Å². The maximum atomic E-state index is 10.4. The van der Waals surface area contributed by atoms with Crippen LogP contribution in [0.2, 0.25) is 0 Å². The van der Waals surface area contributed by atoms with Gasteiger partial charge in [-0.1, -0.05) is 0 Å². The van der Waals surface area contributed by atoms with Crippen LogP contribution in [0.15, 0.2) is 11.6 Å². The van der Waals surface area contributed by atoms with Crippen molar-refractivity contribution in [3.63, 3.8) is 0 Å². The van der Waals surface area contributed by atoms with Gasteiger partial charge in [0.15, 0.2) is 5.70 Å². The lowest BCUT2D eigenvalue weighted by Crippen LogP contribution is -2.36. The predicted octanol–water partition coefficient (Wildman–Crippen LogP) is -1.16. The van der Waals surface area contributed by atoms with E-state index in [2.05, 4.69) is 10.9 Å². The molecule has 0 spiro atoms. The van der Waals surface area contributed by atoms with E-state index in [4.69, 9.17) is 9.84 Å². The Morgan fingerprint density at radius 3 is 2.64 bits per heavy atom. The van der Waals surface area contributed by atoms with Crippen molar-refractivity contribution in [1.82, 2.24) is 16.0 Å². The van der Waals surface area contributed by atoms with Crippen LogP contribution in [0.4, 0.5) is 0 Å². The predicted molar refractivity (Wildman–Crippen MR) is 35.7 cm³/mol. The number of nitrogens with one attached hydrogen (secondary N) is 2. The quantitative estimate of drug-likeness (QED) is 0.472. The molecule has 1 aliphatic rings. The van der Waals surface area contributed by atoms with Gasteiger partial charge in [0.05, 0.1) is 7.11 Å². The first-order valence-electron chi connectivity index (χ1n) is 2.93. The third-order valence-electron chi connectivity index (χ3n) is 1.19. The Balaban J connectivity index is 2.79. The standard InChI is InChI=1S/C5H9N3O3/c1-8-6-3(5(9)10)4(7-8)11-2/h6-7H,1-2H3,(H,9,10). The number of carboxylic acid groups (broad SMARTS) is 1. The molecule has 6 nitrogen and oxygen atoms in total. The second kappa shape index (κ2) is 2.67. The summed E-state index contributed by atoms with van der Waals surface area (Å²) < 4.78 is 4.74. The van der Waals surface area contributed by atoms with Crippen LogP contribution in [0.5, 0.6) is 0 Å². The molecule has 1 heterocycles. The fraction of sp³-hybridized carbons (Fsp3) is 0.400. The monoisotopic (exact) mass is 159 g/mol. The van der Waals surface area contributed by atoms with Crippen molar-refractivity contribution in [2.24, 2.45) is 0 Å². The van der Waals surface area contributed by atoms with Crippen LogP contribution < -0.4 is 10.9 Å². The molecule has 11 heavy (non-hydrogen) atoms. The van der Waals surface area contributed by atoms with Gasteiger partial charge in [0.1, 0.15) is 0 Å². The van der Waals surface area contributed by atoms with Gasteiger partial charge in [-0.2, -0.15) is 0 Å². The fourth-order valence-corrected chi connectivity index (χ4v) is 0.747. The van der Waals surface area contributed by atoms with E-state index in [0.717, 1.165) is 0 Å². The SMILES string of the molecule is COC1=C(C(=O)O)NN(C)N1. The van der Waals surface area contributed by atoms with Gasteiger partial charge in [-0.15, -0.1) is 5.12 Å². The first-order valence-corrected chi connectivity index (χ1v) is 2.93. The molecule has 0 saturated carbocycles. The molecule has 1 aliphatic heterocycles. The molecule has 0 atom stereocenters. The number of carbonyl (C=O) groups is 1. The van der Waals surface area contributed by atoms with E-state index in [1.165, 1.54) is 12.2 Å². The minimum Gasteiger partial charge on any atom is -0.480 e. The molecule has 3 N–H and O–H groups in total. The van der Waals surface area contributed by atoms with Gasteiger partial charge >= 0.3 is 5.97 Å².